The van der Waals surface area contributed by atoms with E-state index in [-0.39, 0.29) is 11.2 Å². The fourth-order valence-corrected chi connectivity index (χ4v) is 4.84. The number of benzene rings is 2. The monoisotopic (exact) mass is 517 g/mol. The van der Waals surface area contributed by atoms with Gasteiger partial charge in [0.05, 0.1) is 18.7 Å². The van der Waals surface area contributed by atoms with Gasteiger partial charge in [-0.05, 0) is 80.6 Å². The van der Waals surface area contributed by atoms with Crippen molar-refractivity contribution in [3.8, 4) is 11.5 Å². The van der Waals surface area contributed by atoms with E-state index in [1.165, 1.54) is 12.1 Å². The highest BCUT2D eigenvalue weighted by molar-refractivity contribution is 5.79. The number of fused-ring (bicyclic) bond motifs is 2. The number of aromatic nitrogens is 1. The van der Waals surface area contributed by atoms with Crippen LogP contribution in [0.1, 0.15) is 25.7 Å². The summed E-state index contributed by atoms with van der Waals surface area (Å²) in [6.07, 6.45) is 4.21. The van der Waals surface area contributed by atoms with Crippen LogP contribution < -0.4 is 20.7 Å². The van der Waals surface area contributed by atoms with Crippen LogP contribution in [0, 0.1) is 0 Å². The number of hydrogen-bond acceptors (Lipinski definition) is 7. The summed E-state index contributed by atoms with van der Waals surface area (Å²) in [5.74, 6) is 1.53. The summed E-state index contributed by atoms with van der Waals surface area (Å²) in [7, 11) is 0. The molecule has 3 heterocycles. The van der Waals surface area contributed by atoms with E-state index in [0.717, 1.165) is 92.7 Å². The van der Waals surface area contributed by atoms with E-state index in [1.807, 2.05) is 36.4 Å². The number of nitrogens with one attached hydrogen (secondary N) is 1. The van der Waals surface area contributed by atoms with Crippen molar-refractivity contribution in [3.63, 3.8) is 0 Å². The van der Waals surface area contributed by atoms with Crippen LogP contribution in [0.5, 0.6) is 11.5 Å². The molecule has 8 nitrogen and oxygen atoms in total. The molecular weight excluding hydrogens is 482 g/mol. The number of H-pyrrole nitrogens is 1. The van der Waals surface area contributed by atoms with Gasteiger partial charge in [0.25, 0.3) is 0 Å². The van der Waals surface area contributed by atoms with Gasteiger partial charge in [0.2, 0.25) is 5.56 Å². The maximum Gasteiger partial charge on any atom is 0.336 e. The molecule has 38 heavy (non-hydrogen) atoms. The molecule has 1 aliphatic rings. The Labute approximate surface area is 221 Å². The minimum Gasteiger partial charge on any atom is -0.494 e. The molecule has 1 aliphatic heterocycles. The van der Waals surface area contributed by atoms with Crippen LogP contribution in [-0.2, 0) is 0 Å². The van der Waals surface area contributed by atoms with Gasteiger partial charge in [0.15, 0.2) is 0 Å². The molecule has 1 saturated heterocycles. The summed E-state index contributed by atoms with van der Waals surface area (Å²) in [5.41, 5.74) is 0.922. The van der Waals surface area contributed by atoms with Crippen LogP contribution >= 0.6 is 0 Å². The average molecular weight is 518 g/mol. The van der Waals surface area contributed by atoms with Crippen LogP contribution in [0.4, 0.5) is 0 Å². The Balaban J connectivity index is 0.915. The lowest BCUT2D eigenvalue weighted by Gasteiger charge is -2.34. The van der Waals surface area contributed by atoms with E-state index < -0.39 is 0 Å². The molecule has 0 bridgehead atoms. The van der Waals surface area contributed by atoms with Gasteiger partial charge in [-0.2, -0.15) is 0 Å². The third kappa shape index (κ3) is 7.24. The van der Waals surface area contributed by atoms with Gasteiger partial charge in [-0.15, -0.1) is 0 Å². The summed E-state index contributed by atoms with van der Waals surface area (Å²) in [5, 5.41) is 1.90. The van der Waals surface area contributed by atoms with E-state index in [9.17, 15) is 9.59 Å². The van der Waals surface area contributed by atoms with Gasteiger partial charge in [0, 0.05) is 55.8 Å². The summed E-state index contributed by atoms with van der Waals surface area (Å²) in [4.78, 5) is 30.8. The van der Waals surface area contributed by atoms with Crippen molar-refractivity contribution in [2.75, 3.05) is 52.5 Å². The van der Waals surface area contributed by atoms with Gasteiger partial charge >= 0.3 is 5.63 Å². The van der Waals surface area contributed by atoms with Crippen molar-refractivity contribution in [2.45, 2.75) is 25.7 Å². The normalized spacial score (nSPS) is 14.7. The first-order chi connectivity index (χ1) is 18.6. The summed E-state index contributed by atoms with van der Waals surface area (Å²) in [6.45, 7) is 7.96. The Kier molecular flexibility index (Phi) is 8.73. The lowest BCUT2D eigenvalue weighted by atomic mass is 10.2. The second kappa shape index (κ2) is 12.8. The van der Waals surface area contributed by atoms with Crippen molar-refractivity contribution in [2.24, 2.45) is 0 Å². The van der Waals surface area contributed by atoms with E-state index in [1.54, 1.807) is 12.1 Å². The van der Waals surface area contributed by atoms with Crippen LogP contribution in [0.2, 0.25) is 0 Å². The van der Waals surface area contributed by atoms with Crippen molar-refractivity contribution in [3.05, 3.63) is 81.4 Å². The quantitative estimate of drug-likeness (QED) is 0.222. The zero-order valence-corrected chi connectivity index (χ0v) is 21.7. The van der Waals surface area contributed by atoms with Gasteiger partial charge < -0.3 is 28.7 Å². The SMILES string of the molecule is O=c1ccc2ccc(OCCCCN3CCN(CCCCOc4ccc5ccc(=O)oc5c4)CC3)cc2[nH]1. The Hall–Kier alpha value is -3.62. The summed E-state index contributed by atoms with van der Waals surface area (Å²) in [6, 6.07) is 18.0. The van der Waals surface area contributed by atoms with Crippen LogP contribution in [-0.4, -0.2) is 67.3 Å². The molecule has 2 aromatic heterocycles. The van der Waals surface area contributed by atoms with E-state index in [2.05, 4.69) is 14.8 Å². The largest absolute Gasteiger partial charge is 0.494 e. The number of aromatic amines is 1. The zero-order chi connectivity index (χ0) is 26.2. The molecule has 2 aromatic carbocycles. The fraction of sp³-hybridized carbons (Fsp3) is 0.400. The maximum absolute atomic E-state index is 11.5. The van der Waals surface area contributed by atoms with Crippen LogP contribution in [0.3, 0.4) is 0 Å². The Morgan fingerprint density at radius 2 is 1.26 bits per heavy atom. The highest BCUT2D eigenvalue weighted by atomic mass is 16.5. The maximum atomic E-state index is 11.5. The Bertz CT molecular complexity index is 1340. The predicted octanol–water partition coefficient (Wildman–Crippen LogP) is 4.27. The highest BCUT2D eigenvalue weighted by Crippen LogP contribution is 2.20. The minimum atomic E-state index is -0.346. The zero-order valence-electron chi connectivity index (χ0n) is 21.7. The molecule has 5 rings (SSSR count). The molecule has 0 radical (unpaired) electrons. The lowest BCUT2D eigenvalue weighted by molar-refractivity contribution is 0.126. The molecule has 1 fully saturated rings. The molecule has 0 unspecified atom stereocenters. The number of unbranched alkanes of at least 4 members (excludes halogenated alkanes) is 2. The summed E-state index contributed by atoms with van der Waals surface area (Å²) < 4.78 is 17.0. The van der Waals surface area contributed by atoms with Gasteiger partial charge in [-0.1, -0.05) is 0 Å². The van der Waals surface area contributed by atoms with Crippen molar-refractivity contribution < 1.29 is 13.9 Å². The fourth-order valence-electron chi connectivity index (χ4n) is 4.84. The lowest BCUT2D eigenvalue weighted by Crippen LogP contribution is -2.46. The van der Waals surface area contributed by atoms with Gasteiger partial charge in [-0.3, -0.25) is 4.79 Å². The standard InChI is InChI=1S/C30H35N3O5/c34-29-11-7-23-5-9-25(21-27(23)31-29)36-19-3-1-13-32-15-17-33(18-16-32)14-2-4-20-37-26-10-6-24-8-12-30(35)38-28(24)22-26/h5-12,21-22H,1-4,13-20H2,(H,31,34). The van der Waals surface area contributed by atoms with Crippen molar-refractivity contribution in [1.82, 2.24) is 14.8 Å². The third-order valence-electron chi connectivity index (χ3n) is 7.03. The topological polar surface area (TPSA) is 88.0 Å². The molecule has 0 atom stereocenters. The highest BCUT2D eigenvalue weighted by Gasteiger charge is 2.16. The molecule has 0 aliphatic carbocycles. The van der Waals surface area contributed by atoms with E-state index in [4.69, 9.17) is 13.9 Å². The number of rotatable bonds is 12. The molecule has 200 valence electrons. The molecule has 0 spiro atoms. The van der Waals surface area contributed by atoms with E-state index >= 15 is 0 Å². The third-order valence-corrected chi connectivity index (χ3v) is 7.03. The van der Waals surface area contributed by atoms with Gasteiger partial charge in [-0.25, -0.2) is 4.79 Å². The Morgan fingerprint density at radius 3 is 1.95 bits per heavy atom. The van der Waals surface area contributed by atoms with Crippen molar-refractivity contribution in [1.29, 1.82) is 0 Å². The predicted molar refractivity (Wildman–Crippen MR) is 149 cm³/mol. The summed E-state index contributed by atoms with van der Waals surface area (Å²) >= 11 is 0. The molecule has 0 saturated carbocycles. The number of pyridine rings is 1. The molecular formula is C30H35N3O5. The van der Waals surface area contributed by atoms with Crippen molar-refractivity contribution >= 4 is 21.9 Å². The molecule has 4 aromatic rings. The molecule has 8 heteroatoms. The number of ether oxygens (including phenoxy) is 2. The van der Waals surface area contributed by atoms with Gasteiger partial charge in [0.1, 0.15) is 17.1 Å². The number of piperazine rings is 1. The number of nitrogens with zero attached hydrogens (tertiary/aromatic N) is 2. The van der Waals surface area contributed by atoms with Crippen LogP contribution in [0.25, 0.3) is 21.9 Å². The second-order valence-corrected chi connectivity index (χ2v) is 9.82. The van der Waals surface area contributed by atoms with Crippen LogP contribution in [0.15, 0.2) is 74.7 Å². The first-order valence-electron chi connectivity index (χ1n) is 13.5. The first-order valence-corrected chi connectivity index (χ1v) is 13.5. The number of hydrogen-bond donors (Lipinski definition) is 1. The average Bonchev–Trinajstić information content (AvgIpc) is 2.93. The first kappa shape index (κ1) is 26.0. The smallest absolute Gasteiger partial charge is 0.336 e. The van der Waals surface area contributed by atoms with E-state index in [0.29, 0.717) is 18.8 Å². The Morgan fingerprint density at radius 1 is 0.684 bits per heavy atom. The molecule has 0 amide bonds. The second-order valence-electron chi connectivity index (χ2n) is 9.82. The minimum absolute atomic E-state index is 0.0981. The molecule has 1 N–H and O–H groups in total.